The fraction of sp³-hybridized carbons (Fsp3) is 0.647. The topological polar surface area (TPSA) is 21.3 Å². The van der Waals surface area contributed by atoms with Crippen molar-refractivity contribution >= 4 is 11.6 Å². The molecule has 1 aromatic rings. The van der Waals surface area contributed by atoms with Crippen LogP contribution in [-0.4, -0.2) is 19.2 Å². The van der Waals surface area contributed by atoms with Crippen molar-refractivity contribution in [3.8, 4) is 5.75 Å². The molecule has 0 radical (unpaired) electrons. The van der Waals surface area contributed by atoms with Gasteiger partial charge in [0.15, 0.2) is 0 Å². The van der Waals surface area contributed by atoms with Crippen LogP contribution in [0.5, 0.6) is 5.75 Å². The maximum atomic E-state index is 6.02. The SMILES string of the molecule is Cc1cc(Cl)cc(C)c1OCCNC(C)CCC(C)C. The molecule has 0 aromatic heterocycles. The van der Waals surface area contributed by atoms with Gasteiger partial charge >= 0.3 is 0 Å². The summed E-state index contributed by atoms with van der Waals surface area (Å²) in [5.74, 6) is 1.74. The zero-order valence-electron chi connectivity index (χ0n) is 13.4. The second-order valence-electron chi connectivity index (χ2n) is 6.04. The highest BCUT2D eigenvalue weighted by Gasteiger charge is 2.06. The van der Waals surface area contributed by atoms with Gasteiger partial charge in [-0.2, -0.15) is 0 Å². The molecule has 20 heavy (non-hydrogen) atoms. The first-order valence-electron chi connectivity index (χ1n) is 7.53. The molecule has 114 valence electrons. The molecule has 0 saturated heterocycles. The highest BCUT2D eigenvalue weighted by molar-refractivity contribution is 6.30. The third-order valence-corrected chi connectivity index (χ3v) is 3.66. The lowest BCUT2D eigenvalue weighted by Gasteiger charge is -2.16. The van der Waals surface area contributed by atoms with Crippen LogP contribution >= 0.6 is 11.6 Å². The molecule has 0 aliphatic carbocycles. The van der Waals surface area contributed by atoms with Gasteiger partial charge in [-0.3, -0.25) is 0 Å². The number of aryl methyl sites for hydroxylation is 2. The Morgan fingerprint density at radius 3 is 2.25 bits per heavy atom. The van der Waals surface area contributed by atoms with Crippen LogP contribution in [0.2, 0.25) is 5.02 Å². The number of benzene rings is 1. The Morgan fingerprint density at radius 2 is 1.70 bits per heavy atom. The highest BCUT2D eigenvalue weighted by atomic mass is 35.5. The summed E-state index contributed by atoms with van der Waals surface area (Å²) in [5, 5.41) is 4.28. The van der Waals surface area contributed by atoms with E-state index in [0.717, 1.165) is 34.4 Å². The standard InChI is InChI=1S/C17H28ClNO/c1-12(2)6-7-15(5)19-8-9-20-17-13(3)10-16(18)11-14(17)4/h10-12,15,19H,6-9H2,1-5H3. The Balaban J connectivity index is 2.31. The number of hydrogen-bond donors (Lipinski definition) is 1. The third kappa shape index (κ3) is 6.15. The third-order valence-electron chi connectivity index (χ3n) is 3.44. The molecule has 2 nitrogen and oxygen atoms in total. The molecule has 1 rings (SSSR count). The minimum atomic E-state index is 0.549. The van der Waals surface area contributed by atoms with E-state index in [4.69, 9.17) is 16.3 Å². The fourth-order valence-corrected chi connectivity index (χ4v) is 2.60. The fourth-order valence-electron chi connectivity index (χ4n) is 2.27. The average Bonchev–Trinajstić information content (AvgIpc) is 2.34. The predicted molar refractivity (Wildman–Crippen MR) is 88.0 cm³/mol. The van der Waals surface area contributed by atoms with Crippen molar-refractivity contribution in [3.05, 3.63) is 28.3 Å². The summed E-state index contributed by atoms with van der Waals surface area (Å²) < 4.78 is 5.88. The number of nitrogens with one attached hydrogen (secondary N) is 1. The normalized spacial score (nSPS) is 12.8. The van der Waals surface area contributed by atoms with Crippen molar-refractivity contribution in [1.82, 2.24) is 5.32 Å². The molecule has 0 amide bonds. The maximum Gasteiger partial charge on any atom is 0.125 e. The lowest BCUT2D eigenvalue weighted by atomic mass is 10.0. The lowest BCUT2D eigenvalue weighted by Crippen LogP contribution is -2.30. The predicted octanol–water partition coefficient (Wildman–Crippen LogP) is 4.75. The van der Waals surface area contributed by atoms with E-state index in [1.54, 1.807) is 0 Å². The molecule has 0 bridgehead atoms. The van der Waals surface area contributed by atoms with E-state index in [2.05, 4.69) is 26.1 Å². The number of hydrogen-bond acceptors (Lipinski definition) is 2. The zero-order valence-corrected chi connectivity index (χ0v) is 14.2. The van der Waals surface area contributed by atoms with Crippen LogP contribution in [0.1, 0.15) is 44.7 Å². The molecule has 1 N–H and O–H groups in total. The van der Waals surface area contributed by atoms with Crippen LogP contribution in [0, 0.1) is 19.8 Å². The van der Waals surface area contributed by atoms with E-state index >= 15 is 0 Å². The van der Waals surface area contributed by atoms with Crippen LogP contribution in [0.4, 0.5) is 0 Å². The Bertz CT molecular complexity index is 394. The van der Waals surface area contributed by atoms with Crippen molar-refractivity contribution < 1.29 is 4.74 Å². The van der Waals surface area contributed by atoms with Gasteiger partial charge in [-0.1, -0.05) is 25.4 Å². The Morgan fingerprint density at radius 1 is 1.10 bits per heavy atom. The van der Waals surface area contributed by atoms with Gasteiger partial charge < -0.3 is 10.1 Å². The second kappa shape index (κ2) is 8.53. The van der Waals surface area contributed by atoms with Gasteiger partial charge in [0.25, 0.3) is 0 Å². The van der Waals surface area contributed by atoms with Crippen molar-refractivity contribution in [2.24, 2.45) is 5.92 Å². The highest BCUT2D eigenvalue weighted by Crippen LogP contribution is 2.26. The first-order chi connectivity index (χ1) is 9.40. The minimum absolute atomic E-state index is 0.549. The lowest BCUT2D eigenvalue weighted by molar-refractivity contribution is 0.299. The average molecular weight is 298 g/mol. The molecular weight excluding hydrogens is 270 g/mol. The summed E-state index contributed by atoms with van der Waals surface area (Å²) in [6.45, 7) is 12.4. The van der Waals surface area contributed by atoms with Gasteiger partial charge in [0.05, 0.1) is 0 Å². The molecule has 0 saturated carbocycles. The molecular formula is C17H28ClNO. The van der Waals surface area contributed by atoms with Crippen molar-refractivity contribution in [2.45, 2.75) is 53.5 Å². The summed E-state index contributed by atoms with van der Waals surface area (Å²) >= 11 is 6.02. The summed E-state index contributed by atoms with van der Waals surface area (Å²) in [7, 11) is 0. The van der Waals surface area contributed by atoms with Crippen LogP contribution in [0.25, 0.3) is 0 Å². The second-order valence-corrected chi connectivity index (χ2v) is 6.48. The minimum Gasteiger partial charge on any atom is -0.492 e. The molecule has 1 aromatic carbocycles. The first kappa shape index (κ1) is 17.3. The first-order valence-corrected chi connectivity index (χ1v) is 7.91. The summed E-state index contributed by atoms with van der Waals surface area (Å²) in [5.41, 5.74) is 2.20. The monoisotopic (exact) mass is 297 g/mol. The van der Waals surface area contributed by atoms with E-state index in [1.807, 2.05) is 26.0 Å². The summed E-state index contributed by atoms with van der Waals surface area (Å²) in [4.78, 5) is 0. The van der Waals surface area contributed by atoms with E-state index in [1.165, 1.54) is 12.8 Å². The molecule has 1 unspecified atom stereocenters. The molecule has 0 spiro atoms. The van der Waals surface area contributed by atoms with Crippen LogP contribution in [0.3, 0.4) is 0 Å². The van der Waals surface area contributed by atoms with Gasteiger partial charge in [0.1, 0.15) is 12.4 Å². The van der Waals surface area contributed by atoms with Crippen molar-refractivity contribution in [1.29, 1.82) is 0 Å². The van der Waals surface area contributed by atoms with E-state index < -0.39 is 0 Å². The molecule has 0 fully saturated rings. The molecule has 3 heteroatoms. The van der Waals surface area contributed by atoms with Gasteiger partial charge in [0, 0.05) is 17.6 Å². The molecule has 0 aliphatic heterocycles. The van der Waals surface area contributed by atoms with Gasteiger partial charge in [0.2, 0.25) is 0 Å². The molecule has 0 heterocycles. The summed E-state index contributed by atoms with van der Waals surface area (Å²) in [6, 6.07) is 4.44. The number of ether oxygens (including phenoxy) is 1. The molecule has 1 atom stereocenters. The van der Waals surface area contributed by atoms with E-state index in [9.17, 15) is 0 Å². The van der Waals surface area contributed by atoms with Gasteiger partial charge in [-0.05, 0) is 62.8 Å². The largest absolute Gasteiger partial charge is 0.492 e. The number of halogens is 1. The van der Waals surface area contributed by atoms with Gasteiger partial charge in [-0.15, -0.1) is 0 Å². The Kier molecular flexibility index (Phi) is 7.39. The van der Waals surface area contributed by atoms with Crippen LogP contribution < -0.4 is 10.1 Å². The van der Waals surface area contributed by atoms with Crippen LogP contribution in [-0.2, 0) is 0 Å². The van der Waals surface area contributed by atoms with Crippen LogP contribution in [0.15, 0.2) is 12.1 Å². The number of rotatable bonds is 8. The van der Waals surface area contributed by atoms with Crippen molar-refractivity contribution in [2.75, 3.05) is 13.2 Å². The summed E-state index contributed by atoms with van der Waals surface area (Å²) in [6.07, 6.45) is 2.49. The maximum absolute atomic E-state index is 6.02. The van der Waals surface area contributed by atoms with E-state index in [-0.39, 0.29) is 0 Å². The van der Waals surface area contributed by atoms with Crippen molar-refractivity contribution in [3.63, 3.8) is 0 Å². The van der Waals surface area contributed by atoms with E-state index in [0.29, 0.717) is 12.6 Å². The quantitative estimate of drug-likeness (QED) is 0.699. The van der Waals surface area contributed by atoms with Gasteiger partial charge in [-0.25, -0.2) is 0 Å². The zero-order chi connectivity index (χ0) is 15.1. The Labute approximate surface area is 128 Å². The smallest absolute Gasteiger partial charge is 0.125 e. The molecule has 0 aliphatic rings. The Hall–Kier alpha value is -0.730.